The number of aliphatic hydroxyl groups excluding tert-OH is 1. The molecular formula is C17H25NO3. The van der Waals surface area contributed by atoms with E-state index in [-0.39, 0.29) is 17.9 Å². The molecule has 0 saturated carbocycles. The molecule has 1 aliphatic rings. The molecular weight excluding hydrogens is 266 g/mol. The van der Waals surface area contributed by atoms with Gasteiger partial charge in [0.1, 0.15) is 5.75 Å². The zero-order chi connectivity index (χ0) is 15.4. The molecule has 1 heterocycles. The fourth-order valence-corrected chi connectivity index (χ4v) is 2.78. The highest BCUT2D eigenvalue weighted by Gasteiger charge is 2.28. The van der Waals surface area contributed by atoms with Gasteiger partial charge in [0.25, 0.3) is 0 Å². The van der Waals surface area contributed by atoms with E-state index in [1.54, 1.807) is 6.92 Å². The van der Waals surface area contributed by atoms with Crippen molar-refractivity contribution in [3.63, 3.8) is 0 Å². The molecule has 1 aliphatic heterocycles. The largest absolute Gasteiger partial charge is 0.493 e. The molecule has 21 heavy (non-hydrogen) atoms. The van der Waals surface area contributed by atoms with E-state index < -0.39 is 0 Å². The molecule has 0 aliphatic carbocycles. The molecule has 0 aromatic heterocycles. The van der Waals surface area contributed by atoms with Crippen molar-refractivity contribution in [1.82, 2.24) is 4.90 Å². The van der Waals surface area contributed by atoms with Crippen LogP contribution in [0.5, 0.6) is 5.75 Å². The number of amides is 1. The van der Waals surface area contributed by atoms with Crippen LogP contribution in [0, 0.1) is 19.8 Å². The van der Waals surface area contributed by atoms with E-state index in [1.165, 1.54) is 5.56 Å². The van der Waals surface area contributed by atoms with Crippen LogP contribution in [0.2, 0.25) is 0 Å². The first-order valence-corrected chi connectivity index (χ1v) is 7.63. The van der Waals surface area contributed by atoms with Crippen molar-refractivity contribution in [2.75, 3.05) is 19.7 Å². The van der Waals surface area contributed by atoms with Gasteiger partial charge in [0.05, 0.1) is 19.1 Å². The summed E-state index contributed by atoms with van der Waals surface area (Å²) >= 11 is 0. The molecule has 1 fully saturated rings. The highest BCUT2D eigenvalue weighted by molar-refractivity contribution is 5.76. The molecule has 1 amide bonds. The summed E-state index contributed by atoms with van der Waals surface area (Å²) in [5.41, 5.74) is 2.30. The Morgan fingerprint density at radius 2 is 2.24 bits per heavy atom. The Balaban J connectivity index is 1.77. The third-order valence-corrected chi connectivity index (χ3v) is 4.16. The van der Waals surface area contributed by atoms with Gasteiger partial charge in [0.15, 0.2) is 0 Å². The molecule has 0 bridgehead atoms. The van der Waals surface area contributed by atoms with Crippen molar-refractivity contribution in [2.45, 2.75) is 39.7 Å². The van der Waals surface area contributed by atoms with Crippen molar-refractivity contribution in [2.24, 2.45) is 5.92 Å². The summed E-state index contributed by atoms with van der Waals surface area (Å²) in [5, 5.41) is 9.57. The Kier molecular flexibility index (Phi) is 5.23. The summed E-state index contributed by atoms with van der Waals surface area (Å²) in [4.78, 5) is 13.9. The Labute approximate surface area is 126 Å². The van der Waals surface area contributed by atoms with Gasteiger partial charge in [-0.15, -0.1) is 0 Å². The number of carbonyl (C=O) groups is 1. The third-order valence-electron chi connectivity index (χ3n) is 4.16. The SMILES string of the molecule is Cc1ccc(OCCC(=O)N2CCC(C(C)O)C2)c(C)c1. The number of carbonyl (C=O) groups excluding carboxylic acids is 1. The monoisotopic (exact) mass is 291 g/mol. The van der Waals surface area contributed by atoms with Gasteiger partial charge in [-0.2, -0.15) is 0 Å². The maximum absolute atomic E-state index is 12.1. The molecule has 0 spiro atoms. The van der Waals surface area contributed by atoms with Gasteiger partial charge < -0.3 is 14.7 Å². The molecule has 2 unspecified atom stereocenters. The predicted octanol–water partition coefficient (Wildman–Crippen LogP) is 2.30. The summed E-state index contributed by atoms with van der Waals surface area (Å²) in [7, 11) is 0. The molecule has 4 heteroatoms. The van der Waals surface area contributed by atoms with Crippen LogP contribution in [0.15, 0.2) is 18.2 Å². The highest BCUT2D eigenvalue weighted by atomic mass is 16.5. The molecule has 2 atom stereocenters. The van der Waals surface area contributed by atoms with Crippen molar-refractivity contribution < 1.29 is 14.6 Å². The Morgan fingerprint density at radius 3 is 2.86 bits per heavy atom. The fraction of sp³-hybridized carbons (Fsp3) is 0.588. The quantitative estimate of drug-likeness (QED) is 0.905. The highest BCUT2D eigenvalue weighted by Crippen LogP contribution is 2.21. The molecule has 0 radical (unpaired) electrons. The van der Waals surface area contributed by atoms with E-state index in [9.17, 15) is 9.90 Å². The maximum atomic E-state index is 12.1. The van der Waals surface area contributed by atoms with E-state index in [4.69, 9.17) is 4.74 Å². The van der Waals surface area contributed by atoms with Gasteiger partial charge >= 0.3 is 0 Å². The summed E-state index contributed by atoms with van der Waals surface area (Å²) in [6, 6.07) is 6.04. The van der Waals surface area contributed by atoms with Crippen LogP contribution in [0.1, 0.15) is 30.9 Å². The topological polar surface area (TPSA) is 49.8 Å². The van der Waals surface area contributed by atoms with Gasteiger partial charge in [-0.25, -0.2) is 0 Å². The van der Waals surface area contributed by atoms with E-state index >= 15 is 0 Å². The van der Waals surface area contributed by atoms with E-state index in [0.717, 1.165) is 24.3 Å². The van der Waals surface area contributed by atoms with Crippen LogP contribution in [0.25, 0.3) is 0 Å². The zero-order valence-electron chi connectivity index (χ0n) is 13.1. The maximum Gasteiger partial charge on any atom is 0.226 e. The number of aryl methyl sites for hydroxylation is 2. The van der Waals surface area contributed by atoms with Crippen LogP contribution in [-0.4, -0.2) is 41.7 Å². The van der Waals surface area contributed by atoms with Crippen LogP contribution in [0.3, 0.4) is 0 Å². The Hall–Kier alpha value is -1.55. The number of likely N-dealkylation sites (tertiary alicyclic amines) is 1. The molecule has 1 aromatic rings. The average molecular weight is 291 g/mol. The number of nitrogens with zero attached hydrogens (tertiary/aromatic N) is 1. The lowest BCUT2D eigenvalue weighted by molar-refractivity contribution is -0.130. The molecule has 116 valence electrons. The Bertz CT molecular complexity index is 499. The first-order chi connectivity index (χ1) is 9.97. The number of aliphatic hydroxyl groups is 1. The summed E-state index contributed by atoms with van der Waals surface area (Å²) < 4.78 is 5.70. The molecule has 1 N–H and O–H groups in total. The van der Waals surface area contributed by atoms with Crippen molar-refractivity contribution in [3.05, 3.63) is 29.3 Å². The molecule has 1 saturated heterocycles. The number of hydrogen-bond acceptors (Lipinski definition) is 3. The third kappa shape index (κ3) is 4.21. The summed E-state index contributed by atoms with van der Waals surface area (Å²) in [6.07, 6.45) is 0.940. The number of hydrogen-bond donors (Lipinski definition) is 1. The minimum absolute atomic E-state index is 0.114. The Morgan fingerprint density at radius 1 is 1.48 bits per heavy atom. The second kappa shape index (κ2) is 6.94. The van der Waals surface area contributed by atoms with Gasteiger partial charge in [-0.05, 0) is 38.8 Å². The minimum atomic E-state index is -0.339. The predicted molar refractivity (Wildman–Crippen MR) is 82.4 cm³/mol. The van der Waals surface area contributed by atoms with Crippen LogP contribution >= 0.6 is 0 Å². The van der Waals surface area contributed by atoms with Gasteiger partial charge in [0, 0.05) is 19.0 Å². The van der Waals surface area contributed by atoms with Crippen molar-refractivity contribution in [3.8, 4) is 5.75 Å². The summed E-state index contributed by atoms with van der Waals surface area (Å²) in [5.74, 6) is 1.17. The minimum Gasteiger partial charge on any atom is -0.493 e. The first-order valence-electron chi connectivity index (χ1n) is 7.63. The summed E-state index contributed by atoms with van der Waals surface area (Å²) in [6.45, 7) is 7.67. The molecule has 1 aromatic carbocycles. The lowest BCUT2D eigenvalue weighted by Gasteiger charge is -2.18. The van der Waals surface area contributed by atoms with E-state index in [1.807, 2.05) is 30.9 Å². The average Bonchev–Trinajstić information content (AvgIpc) is 2.91. The first kappa shape index (κ1) is 15.8. The fourth-order valence-electron chi connectivity index (χ4n) is 2.78. The normalized spacial score (nSPS) is 19.6. The number of benzene rings is 1. The second-order valence-electron chi connectivity index (χ2n) is 6.00. The van der Waals surface area contributed by atoms with Crippen molar-refractivity contribution in [1.29, 1.82) is 0 Å². The van der Waals surface area contributed by atoms with Crippen LogP contribution in [0.4, 0.5) is 0 Å². The molecule has 2 rings (SSSR count). The van der Waals surface area contributed by atoms with Crippen molar-refractivity contribution >= 4 is 5.91 Å². The second-order valence-corrected chi connectivity index (χ2v) is 6.00. The van der Waals surface area contributed by atoms with Gasteiger partial charge in [-0.3, -0.25) is 4.79 Å². The van der Waals surface area contributed by atoms with E-state index in [2.05, 4.69) is 6.07 Å². The zero-order valence-corrected chi connectivity index (χ0v) is 13.1. The molecule has 4 nitrogen and oxygen atoms in total. The number of ether oxygens (including phenoxy) is 1. The lowest BCUT2D eigenvalue weighted by atomic mass is 10.0. The van der Waals surface area contributed by atoms with Crippen LogP contribution < -0.4 is 4.74 Å². The van der Waals surface area contributed by atoms with Crippen LogP contribution in [-0.2, 0) is 4.79 Å². The standard InChI is InChI=1S/C17H25NO3/c1-12-4-5-16(13(2)10-12)21-9-7-17(20)18-8-6-15(11-18)14(3)19/h4-5,10,14-15,19H,6-9,11H2,1-3H3. The number of rotatable bonds is 5. The van der Waals surface area contributed by atoms with Gasteiger partial charge in [0.2, 0.25) is 5.91 Å². The smallest absolute Gasteiger partial charge is 0.226 e. The van der Waals surface area contributed by atoms with E-state index in [0.29, 0.717) is 19.6 Å². The lowest BCUT2D eigenvalue weighted by Crippen LogP contribution is -2.31. The van der Waals surface area contributed by atoms with Gasteiger partial charge in [-0.1, -0.05) is 17.7 Å².